The molecule has 21 heavy (non-hydrogen) atoms. The molecule has 2 nitrogen and oxygen atoms in total. The smallest absolute Gasteiger partial charge is 0.153 e. The molecule has 3 aromatic rings. The van der Waals surface area contributed by atoms with Gasteiger partial charge in [-0.2, -0.15) is 0 Å². The summed E-state index contributed by atoms with van der Waals surface area (Å²) in [5.74, 6) is 0.682. The van der Waals surface area contributed by atoms with Gasteiger partial charge in [0.05, 0.1) is 11.1 Å². The van der Waals surface area contributed by atoms with E-state index in [9.17, 15) is 0 Å². The Labute approximate surface area is 133 Å². The minimum Gasteiger partial charge on any atom is -0.457 e. The Morgan fingerprint density at radius 1 is 1.05 bits per heavy atom. The van der Waals surface area contributed by atoms with Crippen molar-refractivity contribution < 1.29 is 4.42 Å². The summed E-state index contributed by atoms with van der Waals surface area (Å²) in [5.41, 5.74) is 10.4. The molecule has 3 rings (SSSR count). The Bertz CT molecular complexity index is 823. The average molecular weight is 320 g/mol. The van der Waals surface area contributed by atoms with Gasteiger partial charge in [0, 0.05) is 10.4 Å². The van der Waals surface area contributed by atoms with Crippen molar-refractivity contribution in [2.75, 3.05) is 0 Å². The molecule has 2 aromatic carbocycles. The summed E-state index contributed by atoms with van der Waals surface area (Å²) < 4.78 is 5.84. The van der Waals surface area contributed by atoms with E-state index in [1.165, 1.54) is 5.56 Å². The number of fused-ring (bicyclic) bond motifs is 1. The quantitative estimate of drug-likeness (QED) is 0.686. The predicted octanol–water partition coefficient (Wildman–Crippen LogP) is 5.40. The zero-order chi connectivity index (χ0) is 15.1. The second-order valence-corrected chi connectivity index (χ2v) is 6.14. The summed E-state index contributed by atoms with van der Waals surface area (Å²) in [6.07, 6.45) is 0. The summed E-state index contributed by atoms with van der Waals surface area (Å²) in [6.45, 7) is 4.11. The molecular formula is C17H15Cl2NO. The SMILES string of the molecule is Cc1ccc(C(N)c2cc3cc(Cl)cc(Cl)c3o2)c(C)c1. The van der Waals surface area contributed by atoms with Crippen LogP contribution >= 0.6 is 23.2 Å². The van der Waals surface area contributed by atoms with Crippen molar-refractivity contribution in [2.45, 2.75) is 19.9 Å². The third kappa shape index (κ3) is 2.67. The minimum absolute atomic E-state index is 0.326. The Balaban J connectivity index is 2.09. The van der Waals surface area contributed by atoms with Gasteiger partial charge in [-0.15, -0.1) is 0 Å². The number of benzene rings is 2. The van der Waals surface area contributed by atoms with Gasteiger partial charge in [-0.25, -0.2) is 0 Å². The van der Waals surface area contributed by atoms with Crippen LogP contribution in [0.25, 0.3) is 11.0 Å². The fraction of sp³-hybridized carbons (Fsp3) is 0.176. The van der Waals surface area contributed by atoms with Crippen LogP contribution in [0.2, 0.25) is 10.0 Å². The highest BCUT2D eigenvalue weighted by atomic mass is 35.5. The highest BCUT2D eigenvalue weighted by Gasteiger charge is 2.17. The average Bonchev–Trinajstić information content (AvgIpc) is 2.82. The van der Waals surface area contributed by atoms with Crippen molar-refractivity contribution in [3.05, 3.63) is 68.9 Å². The topological polar surface area (TPSA) is 39.2 Å². The lowest BCUT2D eigenvalue weighted by Crippen LogP contribution is -2.12. The Kier molecular flexibility index (Phi) is 3.70. The summed E-state index contributed by atoms with van der Waals surface area (Å²) in [7, 11) is 0. The van der Waals surface area contributed by atoms with Gasteiger partial charge in [-0.05, 0) is 43.2 Å². The molecule has 0 aliphatic carbocycles. The lowest BCUT2D eigenvalue weighted by molar-refractivity contribution is 0.524. The molecule has 0 fully saturated rings. The maximum atomic E-state index is 6.35. The van der Waals surface area contributed by atoms with Crippen LogP contribution < -0.4 is 5.73 Å². The van der Waals surface area contributed by atoms with Crippen molar-refractivity contribution in [3.63, 3.8) is 0 Å². The molecule has 2 N–H and O–H groups in total. The van der Waals surface area contributed by atoms with Crippen LogP contribution in [-0.2, 0) is 0 Å². The van der Waals surface area contributed by atoms with Gasteiger partial charge < -0.3 is 10.2 Å². The first-order valence-corrected chi connectivity index (χ1v) is 7.42. The first-order valence-electron chi connectivity index (χ1n) is 6.67. The van der Waals surface area contributed by atoms with Crippen molar-refractivity contribution in [1.82, 2.24) is 0 Å². The van der Waals surface area contributed by atoms with Gasteiger partial charge in [0.1, 0.15) is 5.76 Å². The van der Waals surface area contributed by atoms with E-state index in [4.69, 9.17) is 33.4 Å². The molecule has 0 bridgehead atoms. The number of aryl methyl sites for hydroxylation is 2. The van der Waals surface area contributed by atoms with E-state index in [1.54, 1.807) is 6.07 Å². The molecule has 1 atom stereocenters. The molecule has 0 spiro atoms. The molecule has 0 aliphatic rings. The number of rotatable bonds is 2. The van der Waals surface area contributed by atoms with Gasteiger partial charge in [0.25, 0.3) is 0 Å². The standard InChI is InChI=1S/C17H15Cl2NO/c1-9-3-4-13(10(2)5-9)16(20)15-7-11-6-12(18)8-14(19)17(11)21-15/h3-8,16H,20H2,1-2H3. The molecular weight excluding hydrogens is 305 g/mol. The van der Waals surface area contributed by atoms with E-state index < -0.39 is 0 Å². The van der Waals surface area contributed by atoms with E-state index in [0.717, 1.165) is 16.5 Å². The van der Waals surface area contributed by atoms with Crippen LogP contribution in [0, 0.1) is 13.8 Å². The van der Waals surface area contributed by atoms with Gasteiger partial charge in [-0.3, -0.25) is 0 Å². The minimum atomic E-state index is -0.326. The largest absolute Gasteiger partial charge is 0.457 e. The third-order valence-electron chi connectivity index (χ3n) is 3.62. The second-order valence-electron chi connectivity index (χ2n) is 5.29. The Hall–Kier alpha value is -1.48. The summed E-state index contributed by atoms with van der Waals surface area (Å²) >= 11 is 12.2. The van der Waals surface area contributed by atoms with Crippen molar-refractivity contribution in [3.8, 4) is 0 Å². The lowest BCUT2D eigenvalue weighted by atomic mass is 9.98. The molecule has 1 heterocycles. The van der Waals surface area contributed by atoms with Gasteiger partial charge in [0.2, 0.25) is 0 Å². The predicted molar refractivity (Wildman–Crippen MR) is 88.2 cm³/mol. The van der Waals surface area contributed by atoms with E-state index in [0.29, 0.717) is 21.4 Å². The second kappa shape index (κ2) is 5.38. The maximum Gasteiger partial charge on any atom is 0.153 e. The number of nitrogens with two attached hydrogens (primary N) is 1. The van der Waals surface area contributed by atoms with Crippen LogP contribution in [-0.4, -0.2) is 0 Å². The van der Waals surface area contributed by atoms with Gasteiger partial charge in [-0.1, -0.05) is 47.0 Å². The van der Waals surface area contributed by atoms with E-state index in [-0.39, 0.29) is 6.04 Å². The molecule has 4 heteroatoms. The van der Waals surface area contributed by atoms with Crippen LogP contribution in [0.4, 0.5) is 0 Å². The fourth-order valence-electron chi connectivity index (χ4n) is 2.58. The monoisotopic (exact) mass is 319 g/mol. The number of halogens is 2. The molecule has 0 amide bonds. The van der Waals surface area contributed by atoms with Crippen molar-refractivity contribution in [2.24, 2.45) is 5.73 Å². The number of furan rings is 1. The van der Waals surface area contributed by atoms with Crippen molar-refractivity contribution in [1.29, 1.82) is 0 Å². The van der Waals surface area contributed by atoms with Crippen LogP contribution in [0.1, 0.15) is 28.5 Å². The lowest BCUT2D eigenvalue weighted by Gasteiger charge is -2.12. The highest BCUT2D eigenvalue weighted by Crippen LogP contribution is 2.34. The molecule has 0 saturated heterocycles. The first-order chi connectivity index (χ1) is 9.95. The van der Waals surface area contributed by atoms with Gasteiger partial charge >= 0.3 is 0 Å². The van der Waals surface area contributed by atoms with Crippen LogP contribution in [0.5, 0.6) is 0 Å². The maximum absolute atomic E-state index is 6.35. The molecule has 1 unspecified atom stereocenters. The Morgan fingerprint density at radius 2 is 1.81 bits per heavy atom. The molecule has 1 aromatic heterocycles. The normalized spacial score (nSPS) is 12.8. The molecule has 0 radical (unpaired) electrons. The fourth-order valence-corrected chi connectivity index (χ4v) is 3.12. The first kappa shape index (κ1) is 14.5. The molecule has 108 valence electrons. The van der Waals surface area contributed by atoms with Crippen molar-refractivity contribution >= 4 is 34.2 Å². The van der Waals surface area contributed by atoms with Crippen LogP contribution in [0.3, 0.4) is 0 Å². The Morgan fingerprint density at radius 3 is 2.52 bits per heavy atom. The van der Waals surface area contributed by atoms with E-state index in [2.05, 4.69) is 26.0 Å². The van der Waals surface area contributed by atoms with E-state index in [1.807, 2.05) is 18.2 Å². The summed E-state index contributed by atoms with van der Waals surface area (Å²) in [6, 6.07) is 11.3. The zero-order valence-electron chi connectivity index (χ0n) is 11.8. The highest BCUT2D eigenvalue weighted by molar-refractivity contribution is 6.38. The zero-order valence-corrected chi connectivity index (χ0v) is 13.3. The van der Waals surface area contributed by atoms with Crippen LogP contribution in [0.15, 0.2) is 40.8 Å². The van der Waals surface area contributed by atoms with Gasteiger partial charge in [0.15, 0.2) is 5.58 Å². The number of hydrogen-bond donors (Lipinski definition) is 1. The summed E-state index contributed by atoms with van der Waals surface area (Å²) in [4.78, 5) is 0. The van der Waals surface area contributed by atoms with E-state index >= 15 is 0 Å². The molecule has 0 saturated carbocycles. The third-order valence-corrected chi connectivity index (χ3v) is 4.12. The summed E-state index contributed by atoms with van der Waals surface area (Å²) in [5, 5.41) is 1.94. The number of hydrogen-bond acceptors (Lipinski definition) is 2. The molecule has 0 aliphatic heterocycles.